The molecular weight excluding hydrogens is 344 g/mol. The topological polar surface area (TPSA) is 6.48 Å². The summed E-state index contributed by atoms with van der Waals surface area (Å²) in [5.74, 6) is 1.02. The molecule has 0 aliphatic carbocycles. The van der Waals surface area contributed by atoms with Gasteiger partial charge in [0, 0.05) is 44.3 Å². The fourth-order valence-corrected chi connectivity index (χ4v) is 3.46. The highest BCUT2D eigenvalue weighted by atomic mass is 33.1. The Labute approximate surface area is 159 Å². The summed E-state index contributed by atoms with van der Waals surface area (Å²) in [6.07, 6.45) is 10.9. The summed E-state index contributed by atoms with van der Waals surface area (Å²) in [6, 6.07) is 13.2. The molecule has 0 spiro atoms. The molecule has 2 aromatic rings. The van der Waals surface area contributed by atoms with Crippen LogP contribution in [0.1, 0.15) is 5.56 Å². The molecule has 0 fully saturated rings. The van der Waals surface area contributed by atoms with Gasteiger partial charge in [0.2, 0.25) is 0 Å². The molecule has 1 aliphatic heterocycles. The molecule has 2 aromatic carbocycles. The van der Waals surface area contributed by atoms with Gasteiger partial charge in [-0.15, -0.1) is 11.7 Å². The Morgan fingerprint density at radius 3 is 2.72 bits per heavy atom. The van der Waals surface area contributed by atoms with Crippen molar-refractivity contribution in [3.63, 3.8) is 0 Å². The van der Waals surface area contributed by atoms with Crippen molar-refractivity contribution in [2.45, 2.75) is 0 Å². The van der Waals surface area contributed by atoms with E-state index < -0.39 is 0 Å². The first kappa shape index (κ1) is 18.0. The lowest BCUT2D eigenvalue weighted by molar-refractivity contribution is 0.414. The maximum Gasteiger partial charge on any atom is 0.0369 e. The van der Waals surface area contributed by atoms with E-state index in [2.05, 4.69) is 102 Å². The lowest BCUT2D eigenvalue weighted by Crippen LogP contribution is -2.26. The summed E-state index contributed by atoms with van der Waals surface area (Å²) in [5, 5.41) is 2.55. The van der Waals surface area contributed by atoms with Gasteiger partial charge in [-0.3, -0.25) is 0 Å². The van der Waals surface area contributed by atoms with Gasteiger partial charge >= 0.3 is 0 Å². The summed E-state index contributed by atoms with van der Waals surface area (Å²) in [5.41, 5.74) is 3.71. The molecule has 0 radical (unpaired) electrons. The molecule has 0 saturated carbocycles. The van der Waals surface area contributed by atoms with Crippen LogP contribution >= 0.6 is 22.5 Å². The Bertz CT molecular complexity index is 822. The van der Waals surface area contributed by atoms with Crippen LogP contribution in [0.15, 0.2) is 66.4 Å². The lowest BCUT2D eigenvalue weighted by Gasteiger charge is -2.26. The summed E-state index contributed by atoms with van der Waals surface area (Å²) in [7, 11) is 5.73. The molecule has 4 heteroatoms. The van der Waals surface area contributed by atoms with Crippen LogP contribution in [0.25, 0.3) is 16.8 Å². The first-order valence-electron chi connectivity index (χ1n) is 8.45. The summed E-state index contributed by atoms with van der Waals surface area (Å²) < 4.78 is 0. The summed E-state index contributed by atoms with van der Waals surface area (Å²) >= 11 is 4.24. The van der Waals surface area contributed by atoms with E-state index in [1.54, 1.807) is 10.8 Å². The monoisotopic (exact) mass is 368 g/mol. The molecule has 0 bridgehead atoms. The molecular formula is C21H24N2S2. The molecule has 0 unspecified atom stereocenters. The molecule has 25 heavy (non-hydrogen) atoms. The van der Waals surface area contributed by atoms with E-state index in [9.17, 15) is 0 Å². The van der Waals surface area contributed by atoms with Gasteiger partial charge in [0.1, 0.15) is 0 Å². The quantitative estimate of drug-likeness (QED) is 0.550. The lowest BCUT2D eigenvalue weighted by atomic mass is 10.1. The zero-order valence-corrected chi connectivity index (χ0v) is 16.4. The summed E-state index contributed by atoms with van der Waals surface area (Å²) in [4.78, 5) is 4.51. The predicted octanol–water partition coefficient (Wildman–Crippen LogP) is 5.25. The van der Waals surface area contributed by atoms with Crippen LogP contribution in [0.4, 0.5) is 5.69 Å². The number of allylic oxidation sites excluding steroid dienone is 3. The summed E-state index contributed by atoms with van der Waals surface area (Å²) in [6.45, 7) is 1.98. The molecule has 3 rings (SSSR count). The van der Waals surface area contributed by atoms with Crippen molar-refractivity contribution < 1.29 is 0 Å². The average molecular weight is 369 g/mol. The number of nitrogens with zero attached hydrogens (tertiary/aromatic N) is 2. The van der Waals surface area contributed by atoms with Crippen LogP contribution < -0.4 is 4.90 Å². The highest BCUT2D eigenvalue weighted by Crippen LogP contribution is 2.23. The van der Waals surface area contributed by atoms with Crippen molar-refractivity contribution in [1.29, 1.82) is 0 Å². The SMILES string of the molecule is CN(C)c1ccc2cc(/C=C/C3=CC=CCN3CCSS)ccc2c1. The second kappa shape index (κ2) is 8.54. The third-order valence-electron chi connectivity index (χ3n) is 4.36. The van der Waals surface area contributed by atoms with Gasteiger partial charge in [-0.2, -0.15) is 0 Å². The zero-order chi connectivity index (χ0) is 17.6. The molecule has 1 heterocycles. The first-order valence-corrected chi connectivity index (χ1v) is 10.5. The van der Waals surface area contributed by atoms with E-state index in [1.165, 1.54) is 27.7 Å². The largest absolute Gasteiger partial charge is 0.378 e. The maximum absolute atomic E-state index is 4.24. The van der Waals surface area contributed by atoms with E-state index in [0.717, 1.165) is 18.8 Å². The first-order chi connectivity index (χ1) is 12.2. The van der Waals surface area contributed by atoms with E-state index in [4.69, 9.17) is 0 Å². The predicted molar refractivity (Wildman–Crippen MR) is 118 cm³/mol. The van der Waals surface area contributed by atoms with E-state index in [1.807, 2.05) is 0 Å². The number of hydrogen-bond acceptors (Lipinski definition) is 4. The van der Waals surface area contributed by atoms with E-state index in [-0.39, 0.29) is 0 Å². The van der Waals surface area contributed by atoms with Gasteiger partial charge in [-0.25, -0.2) is 0 Å². The van der Waals surface area contributed by atoms with Crippen molar-refractivity contribution in [3.05, 3.63) is 72.0 Å². The van der Waals surface area contributed by atoms with Gasteiger partial charge in [0.05, 0.1) is 0 Å². The van der Waals surface area contributed by atoms with Crippen LogP contribution in [0.5, 0.6) is 0 Å². The van der Waals surface area contributed by atoms with Gasteiger partial charge in [0.25, 0.3) is 0 Å². The van der Waals surface area contributed by atoms with Gasteiger partial charge in [-0.1, -0.05) is 47.2 Å². The Morgan fingerprint density at radius 2 is 1.92 bits per heavy atom. The fraction of sp³-hybridized carbons (Fsp3) is 0.238. The van der Waals surface area contributed by atoms with E-state index >= 15 is 0 Å². The molecule has 0 amide bonds. The number of thiol groups is 1. The van der Waals surface area contributed by atoms with Crippen molar-refractivity contribution in [3.8, 4) is 0 Å². The van der Waals surface area contributed by atoms with Crippen molar-refractivity contribution in [2.75, 3.05) is 37.8 Å². The van der Waals surface area contributed by atoms with Crippen molar-refractivity contribution >= 4 is 45.0 Å². The van der Waals surface area contributed by atoms with Crippen molar-refractivity contribution in [1.82, 2.24) is 4.90 Å². The number of anilines is 1. The Morgan fingerprint density at radius 1 is 1.12 bits per heavy atom. The van der Waals surface area contributed by atoms with Gasteiger partial charge < -0.3 is 9.80 Å². The number of hydrogen-bond donors (Lipinski definition) is 1. The molecule has 0 saturated heterocycles. The highest BCUT2D eigenvalue weighted by molar-refractivity contribution is 8.68. The standard InChI is InChI=1S/C21H24N2S2/c1-22(2)21-11-9-18-15-17(6-8-19(18)16-21)7-10-20-5-3-4-12-23(20)13-14-25-24/h3-11,15-16,24H,12-14H2,1-2H3/b10-7+. The molecule has 130 valence electrons. The average Bonchev–Trinajstić information content (AvgIpc) is 2.64. The van der Waals surface area contributed by atoms with Crippen LogP contribution in [-0.2, 0) is 0 Å². The number of rotatable bonds is 6. The second-order valence-electron chi connectivity index (χ2n) is 6.32. The zero-order valence-electron chi connectivity index (χ0n) is 14.7. The normalized spacial score (nSPS) is 14.4. The Hall–Kier alpha value is -1.78. The molecule has 0 aromatic heterocycles. The third-order valence-corrected chi connectivity index (χ3v) is 5.27. The minimum absolute atomic E-state index is 0.968. The van der Waals surface area contributed by atoms with Gasteiger partial charge in [-0.05, 0) is 46.7 Å². The van der Waals surface area contributed by atoms with Crippen LogP contribution in [0.2, 0.25) is 0 Å². The van der Waals surface area contributed by atoms with E-state index in [0.29, 0.717) is 0 Å². The fourth-order valence-electron chi connectivity index (χ4n) is 2.91. The van der Waals surface area contributed by atoms with Crippen LogP contribution in [0.3, 0.4) is 0 Å². The van der Waals surface area contributed by atoms with Crippen molar-refractivity contribution in [2.24, 2.45) is 0 Å². The maximum atomic E-state index is 4.24. The van der Waals surface area contributed by atoms with Crippen LogP contribution in [0, 0.1) is 0 Å². The Kier molecular flexibility index (Phi) is 6.16. The second-order valence-corrected chi connectivity index (χ2v) is 7.76. The molecule has 0 N–H and O–H groups in total. The molecule has 0 atom stereocenters. The van der Waals surface area contributed by atoms with Gasteiger partial charge in [0.15, 0.2) is 0 Å². The molecule has 2 nitrogen and oxygen atoms in total. The third kappa shape index (κ3) is 4.65. The molecule has 1 aliphatic rings. The smallest absolute Gasteiger partial charge is 0.0369 e. The number of fused-ring (bicyclic) bond motifs is 1. The number of benzene rings is 2. The Balaban J connectivity index is 1.79. The highest BCUT2D eigenvalue weighted by Gasteiger charge is 2.07. The van der Waals surface area contributed by atoms with Crippen LogP contribution in [-0.4, -0.2) is 37.8 Å². The minimum Gasteiger partial charge on any atom is -0.378 e. The minimum atomic E-state index is 0.968.